The Morgan fingerprint density at radius 1 is 0.947 bits per heavy atom. The Morgan fingerprint density at radius 2 is 1.70 bits per heavy atom. The van der Waals surface area contributed by atoms with Gasteiger partial charge >= 0.3 is 0 Å². The molecule has 1 unspecified atom stereocenters. The first kappa shape index (κ1) is 38.2. The maximum Gasteiger partial charge on any atom is 0.255 e. The molecular formula is C43H43ClN8O4S. The quantitative estimate of drug-likeness (QED) is 0.0957. The van der Waals surface area contributed by atoms with E-state index in [0.717, 1.165) is 75.0 Å². The summed E-state index contributed by atoms with van der Waals surface area (Å²) >= 11 is 7.92. The molecule has 3 aliphatic rings. The summed E-state index contributed by atoms with van der Waals surface area (Å²) in [4.78, 5) is 58.3. The van der Waals surface area contributed by atoms with Gasteiger partial charge in [-0.25, -0.2) is 0 Å². The zero-order valence-electron chi connectivity index (χ0n) is 32.0. The summed E-state index contributed by atoms with van der Waals surface area (Å²) in [6.07, 6.45) is 3.13. The molecule has 2 atom stereocenters. The molecule has 3 aliphatic heterocycles. The van der Waals surface area contributed by atoms with E-state index in [4.69, 9.17) is 16.6 Å². The number of aryl methyl sites for hydroxylation is 2. The Morgan fingerprint density at radius 3 is 2.47 bits per heavy atom. The molecule has 0 radical (unpaired) electrons. The molecule has 57 heavy (non-hydrogen) atoms. The van der Waals surface area contributed by atoms with Crippen LogP contribution in [0.5, 0.6) is 0 Å². The summed E-state index contributed by atoms with van der Waals surface area (Å²) in [6, 6.07) is 20.7. The second-order valence-electron chi connectivity index (χ2n) is 14.9. The van der Waals surface area contributed by atoms with E-state index in [2.05, 4.69) is 68.8 Å². The molecule has 3 N–H and O–H groups in total. The van der Waals surface area contributed by atoms with Gasteiger partial charge in [-0.1, -0.05) is 48.0 Å². The summed E-state index contributed by atoms with van der Waals surface area (Å²) in [5, 5.41) is 19.5. The highest BCUT2D eigenvalue weighted by molar-refractivity contribution is 7.15. The maximum atomic E-state index is 13.3. The van der Waals surface area contributed by atoms with Crippen molar-refractivity contribution in [3.05, 3.63) is 127 Å². The number of aromatic nitrogens is 3. The number of fused-ring (bicyclic) bond motifs is 4. The average Bonchev–Trinajstić information content (AvgIpc) is 3.80. The molecule has 0 aliphatic carbocycles. The normalized spacial score (nSPS) is 17.4. The van der Waals surface area contributed by atoms with E-state index >= 15 is 0 Å². The number of carbonyl (C=O) groups excluding carboxylic acids is 4. The second kappa shape index (κ2) is 16.1. The van der Waals surface area contributed by atoms with E-state index in [1.807, 2.05) is 49.4 Å². The minimum Gasteiger partial charge on any atom is -0.385 e. The number of carbonyl (C=O) groups is 4. The lowest BCUT2D eigenvalue weighted by atomic mass is 9.99. The van der Waals surface area contributed by atoms with Crippen molar-refractivity contribution in [2.45, 2.75) is 77.9 Å². The van der Waals surface area contributed by atoms with Crippen LogP contribution >= 0.6 is 22.9 Å². The van der Waals surface area contributed by atoms with Gasteiger partial charge in [-0.2, -0.15) is 0 Å². The monoisotopic (exact) mass is 802 g/mol. The van der Waals surface area contributed by atoms with Gasteiger partial charge in [-0.3, -0.25) is 34.1 Å². The fraction of sp³-hybridized carbons (Fsp3) is 0.326. The van der Waals surface area contributed by atoms with Crippen molar-refractivity contribution in [1.29, 1.82) is 0 Å². The smallest absolute Gasteiger partial charge is 0.255 e. The Bertz CT molecular complexity index is 2420. The predicted molar refractivity (Wildman–Crippen MR) is 220 cm³/mol. The lowest BCUT2D eigenvalue weighted by molar-refractivity contribution is -0.137. The third-order valence-corrected chi connectivity index (χ3v) is 12.4. The largest absolute Gasteiger partial charge is 0.385 e. The summed E-state index contributed by atoms with van der Waals surface area (Å²) in [6.45, 7) is 7.82. The molecular weight excluding hydrogens is 760 g/mol. The number of aliphatic imine (C=N–C) groups is 1. The minimum absolute atomic E-state index is 0.0882. The number of hydrogen-bond acceptors (Lipinski definition) is 9. The maximum absolute atomic E-state index is 13.3. The fourth-order valence-corrected chi connectivity index (χ4v) is 9.14. The number of imide groups is 1. The van der Waals surface area contributed by atoms with Gasteiger partial charge in [0, 0.05) is 58.3 Å². The highest BCUT2D eigenvalue weighted by Gasteiger charge is 2.39. The molecule has 0 bridgehead atoms. The Kier molecular flexibility index (Phi) is 10.8. The van der Waals surface area contributed by atoms with E-state index in [-0.39, 0.29) is 30.6 Å². The molecule has 1 saturated heterocycles. The van der Waals surface area contributed by atoms with Crippen molar-refractivity contribution in [1.82, 2.24) is 30.3 Å². The standard InChI is InChI=1S/C43H43ClN8O4S/c1-24-25(2)57-43-38(24)39(29-9-11-31(44)12-10-29)47-34(40-50-49-26(3)52(40)43)22-37(54)46-19-5-4-18-45-32-13-6-27(7-14-32)20-28-8-15-33-30(21-28)23-51(42(33)56)35-16-17-36(53)48-41(35)55/h6-15,21,34-35,45H,4-5,16-20,22-23H2,1-3H3,(H,46,54)(H,48,53,55)/t34-,35?/m0/s1. The molecule has 8 rings (SSSR count). The van der Waals surface area contributed by atoms with Gasteiger partial charge in [0.25, 0.3) is 5.91 Å². The number of amides is 4. The van der Waals surface area contributed by atoms with Gasteiger partial charge in [-0.15, -0.1) is 21.5 Å². The number of nitrogens with zero attached hydrogens (tertiary/aromatic N) is 5. The van der Waals surface area contributed by atoms with Crippen molar-refractivity contribution >= 4 is 58.0 Å². The highest BCUT2D eigenvalue weighted by atomic mass is 35.5. The number of piperidine rings is 1. The van der Waals surface area contributed by atoms with Crippen molar-refractivity contribution in [2.24, 2.45) is 4.99 Å². The van der Waals surface area contributed by atoms with Crippen LogP contribution in [0.15, 0.2) is 71.7 Å². The van der Waals surface area contributed by atoms with Crippen LogP contribution in [0.2, 0.25) is 5.02 Å². The van der Waals surface area contributed by atoms with Gasteiger partial charge in [0.2, 0.25) is 17.7 Å². The average molecular weight is 803 g/mol. The predicted octanol–water partition coefficient (Wildman–Crippen LogP) is 6.55. The number of benzene rings is 3. The van der Waals surface area contributed by atoms with Gasteiger partial charge in [0.1, 0.15) is 22.9 Å². The topological polar surface area (TPSA) is 151 Å². The van der Waals surface area contributed by atoms with Gasteiger partial charge in [0.15, 0.2) is 5.82 Å². The molecule has 0 spiro atoms. The summed E-state index contributed by atoms with van der Waals surface area (Å²) in [5.41, 5.74) is 8.70. The molecule has 5 aromatic rings. The molecule has 14 heteroatoms. The van der Waals surface area contributed by atoms with Crippen molar-refractivity contribution < 1.29 is 19.2 Å². The third kappa shape index (κ3) is 7.86. The lowest BCUT2D eigenvalue weighted by Crippen LogP contribution is -2.52. The SMILES string of the molecule is Cc1sc2c(c1C)C(c1ccc(Cl)cc1)=N[C@@H](CC(=O)NCCCCNc1ccc(Cc3ccc4c(c3)CN(C3CCC(=O)NC3=O)C4=O)cc1)c1nnc(C)n1-2. The molecule has 2 aromatic heterocycles. The second-order valence-corrected chi connectivity index (χ2v) is 16.5. The van der Waals surface area contributed by atoms with Crippen LogP contribution in [0.25, 0.3) is 5.00 Å². The fourth-order valence-electron chi connectivity index (χ4n) is 7.80. The number of rotatable bonds is 12. The number of hydrogen-bond donors (Lipinski definition) is 3. The van der Waals surface area contributed by atoms with Crippen LogP contribution in [0.1, 0.15) is 98.4 Å². The third-order valence-electron chi connectivity index (χ3n) is 10.9. The summed E-state index contributed by atoms with van der Waals surface area (Å²) < 4.78 is 2.05. The zero-order valence-corrected chi connectivity index (χ0v) is 33.6. The first-order valence-corrected chi connectivity index (χ1v) is 20.5. The number of unbranched alkanes of at least 4 members (excludes halogenated alkanes) is 1. The minimum atomic E-state index is -0.619. The van der Waals surface area contributed by atoms with E-state index in [1.165, 1.54) is 4.88 Å². The molecule has 5 heterocycles. The van der Waals surface area contributed by atoms with Crippen LogP contribution in [-0.2, 0) is 27.3 Å². The molecule has 1 fully saturated rings. The van der Waals surface area contributed by atoms with E-state index < -0.39 is 18.0 Å². The number of anilines is 1. The van der Waals surface area contributed by atoms with Gasteiger partial charge in [0.05, 0.1) is 12.1 Å². The highest BCUT2D eigenvalue weighted by Crippen LogP contribution is 2.39. The van der Waals surface area contributed by atoms with Gasteiger partial charge in [-0.05, 0) is 99.0 Å². The van der Waals surface area contributed by atoms with E-state index in [0.29, 0.717) is 42.3 Å². The van der Waals surface area contributed by atoms with Crippen molar-refractivity contribution in [3.8, 4) is 5.00 Å². The number of nitrogens with one attached hydrogen (secondary N) is 3. The van der Waals surface area contributed by atoms with Crippen LogP contribution < -0.4 is 16.0 Å². The van der Waals surface area contributed by atoms with Gasteiger partial charge < -0.3 is 15.5 Å². The number of thiophene rings is 1. The van der Waals surface area contributed by atoms with Crippen LogP contribution in [0.4, 0.5) is 5.69 Å². The molecule has 292 valence electrons. The Balaban J connectivity index is 0.819. The van der Waals surface area contributed by atoms with Crippen LogP contribution in [0, 0.1) is 20.8 Å². The lowest BCUT2D eigenvalue weighted by Gasteiger charge is -2.29. The Hall–Kier alpha value is -5.66. The molecule has 4 amide bonds. The molecule has 12 nitrogen and oxygen atoms in total. The summed E-state index contributed by atoms with van der Waals surface area (Å²) in [5.74, 6) is 0.466. The Labute approximate surface area is 339 Å². The van der Waals surface area contributed by atoms with Crippen molar-refractivity contribution in [3.63, 3.8) is 0 Å². The first-order valence-electron chi connectivity index (χ1n) is 19.3. The van der Waals surface area contributed by atoms with E-state index in [1.54, 1.807) is 16.2 Å². The van der Waals surface area contributed by atoms with Crippen molar-refractivity contribution in [2.75, 3.05) is 18.4 Å². The van der Waals surface area contributed by atoms with E-state index in [9.17, 15) is 19.2 Å². The van der Waals surface area contributed by atoms with Crippen LogP contribution in [0.3, 0.4) is 0 Å². The summed E-state index contributed by atoms with van der Waals surface area (Å²) in [7, 11) is 0. The van der Waals surface area contributed by atoms with Crippen LogP contribution in [-0.4, -0.2) is 68.1 Å². The number of halogens is 1. The zero-order chi connectivity index (χ0) is 39.8. The molecule has 0 saturated carbocycles. The molecule has 3 aromatic carbocycles. The first-order chi connectivity index (χ1) is 27.5.